The van der Waals surface area contributed by atoms with Gasteiger partial charge in [-0.1, -0.05) is 38.9 Å². The molecule has 0 unspecified atom stereocenters. The molecular formula is C17H14BrClN2O3S. The summed E-state index contributed by atoms with van der Waals surface area (Å²) in [5.74, 6) is 0.855. The van der Waals surface area contributed by atoms with Crippen molar-refractivity contribution >= 4 is 55.0 Å². The first kappa shape index (κ1) is 18.0. The fraction of sp³-hybridized carbons (Fsp3) is 0.176. The second kappa shape index (κ2) is 7.19. The first-order chi connectivity index (χ1) is 11.9. The minimum absolute atomic E-state index is 0.351. The van der Waals surface area contributed by atoms with E-state index in [0.717, 1.165) is 14.7 Å². The highest BCUT2D eigenvalue weighted by Crippen LogP contribution is 2.33. The second-order valence-electron chi connectivity index (χ2n) is 5.16. The van der Waals surface area contributed by atoms with Crippen molar-refractivity contribution in [3.05, 3.63) is 50.2 Å². The third-order valence-electron chi connectivity index (χ3n) is 3.67. The monoisotopic (exact) mass is 440 g/mol. The molecule has 0 saturated carbocycles. The Balaban J connectivity index is 2.15. The van der Waals surface area contributed by atoms with Crippen LogP contribution in [0.15, 0.2) is 39.8 Å². The van der Waals surface area contributed by atoms with Gasteiger partial charge in [-0.05, 0) is 18.2 Å². The number of fused-ring (bicyclic) bond motifs is 1. The lowest BCUT2D eigenvalue weighted by Gasteiger charge is -2.07. The molecule has 0 N–H and O–H groups in total. The smallest absolute Gasteiger partial charge is 0.281 e. The summed E-state index contributed by atoms with van der Waals surface area (Å²) >= 11 is 10.8. The maximum absolute atomic E-state index is 12.5. The number of carbonyl (C=O) groups excluding carboxylic acids is 1. The Bertz CT molecular complexity index is 1040. The number of nitrogens with zero attached hydrogens (tertiary/aromatic N) is 2. The number of amides is 1. The van der Waals surface area contributed by atoms with Crippen LogP contribution in [0.5, 0.6) is 11.5 Å². The molecule has 3 rings (SSSR count). The number of thiazole rings is 1. The summed E-state index contributed by atoms with van der Waals surface area (Å²) < 4.78 is 14.2. The second-order valence-corrected chi connectivity index (χ2v) is 7.49. The van der Waals surface area contributed by atoms with Crippen LogP contribution in [-0.2, 0) is 7.05 Å². The third-order valence-corrected chi connectivity index (χ3v) is 5.59. The number of methoxy groups -OCH3 is 2. The van der Waals surface area contributed by atoms with Crippen LogP contribution >= 0.6 is 38.9 Å². The highest BCUT2D eigenvalue weighted by atomic mass is 79.9. The summed E-state index contributed by atoms with van der Waals surface area (Å²) in [6.07, 6.45) is 0. The fourth-order valence-electron chi connectivity index (χ4n) is 2.37. The molecule has 0 radical (unpaired) electrons. The van der Waals surface area contributed by atoms with E-state index >= 15 is 0 Å². The van der Waals surface area contributed by atoms with Crippen LogP contribution in [0.2, 0.25) is 5.02 Å². The standard InChI is InChI=1S/C17H14BrClN2O3S/c1-21-12-7-13(23-2)14(24-3)8-15(12)25-17(21)20-16(22)10-6-9(18)4-5-11(10)19/h4-8H,1-3H3. The zero-order chi connectivity index (χ0) is 18.1. The van der Waals surface area contributed by atoms with Crippen LogP contribution in [0.25, 0.3) is 10.2 Å². The lowest BCUT2D eigenvalue weighted by atomic mass is 10.2. The molecule has 0 aliphatic carbocycles. The SMILES string of the molecule is COc1cc2sc(=NC(=O)c3cc(Br)ccc3Cl)n(C)c2cc1OC. The van der Waals surface area contributed by atoms with Gasteiger partial charge in [0.25, 0.3) is 5.91 Å². The van der Waals surface area contributed by atoms with E-state index in [2.05, 4.69) is 20.9 Å². The third kappa shape index (κ3) is 3.44. The molecule has 0 aliphatic rings. The molecule has 8 heteroatoms. The molecule has 0 spiro atoms. The number of benzene rings is 2. The normalized spacial score (nSPS) is 11.8. The van der Waals surface area contributed by atoms with Crippen molar-refractivity contribution in [1.82, 2.24) is 4.57 Å². The summed E-state index contributed by atoms with van der Waals surface area (Å²) in [7, 11) is 5.01. The minimum atomic E-state index is -0.396. The lowest BCUT2D eigenvalue weighted by Crippen LogP contribution is -2.13. The molecule has 0 saturated heterocycles. The van der Waals surface area contributed by atoms with Crippen molar-refractivity contribution in [3.63, 3.8) is 0 Å². The van der Waals surface area contributed by atoms with E-state index in [0.29, 0.717) is 26.9 Å². The molecule has 25 heavy (non-hydrogen) atoms. The van der Waals surface area contributed by atoms with Gasteiger partial charge in [0, 0.05) is 23.7 Å². The Morgan fingerprint density at radius 2 is 1.88 bits per heavy atom. The summed E-state index contributed by atoms with van der Waals surface area (Å²) in [6, 6.07) is 8.83. The van der Waals surface area contributed by atoms with Crippen molar-refractivity contribution in [2.24, 2.45) is 12.0 Å². The van der Waals surface area contributed by atoms with Gasteiger partial charge in [-0.15, -0.1) is 0 Å². The summed E-state index contributed by atoms with van der Waals surface area (Å²) in [6.45, 7) is 0. The van der Waals surface area contributed by atoms with E-state index in [-0.39, 0.29) is 0 Å². The molecule has 130 valence electrons. The number of aryl methyl sites for hydroxylation is 1. The summed E-state index contributed by atoms with van der Waals surface area (Å²) in [5.41, 5.74) is 1.25. The van der Waals surface area contributed by atoms with Gasteiger partial charge >= 0.3 is 0 Å². The largest absolute Gasteiger partial charge is 0.493 e. The van der Waals surface area contributed by atoms with Crippen molar-refractivity contribution in [1.29, 1.82) is 0 Å². The van der Waals surface area contributed by atoms with Crippen LogP contribution in [0.3, 0.4) is 0 Å². The number of halogens is 2. The number of aromatic nitrogens is 1. The van der Waals surface area contributed by atoms with Gasteiger partial charge in [-0.2, -0.15) is 4.99 Å². The average Bonchev–Trinajstić information content (AvgIpc) is 2.90. The van der Waals surface area contributed by atoms with E-state index in [1.54, 1.807) is 32.4 Å². The predicted octanol–water partition coefficient (Wildman–Crippen LogP) is 4.41. The number of ether oxygens (including phenoxy) is 2. The van der Waals surface area contributed by atoms with E-state index in [4.69, 9.17) is 21.1 Å². The van der Waals surface area contributed by atoms with E-state index in [1.807, 2.05) is 23.7 Å². The zero-order valence-electron chi connectivity index (χ0n) is 13.7. The van der Waals surface area contributed by atoms with Crippen LogP contribution in [-0.4, -0.2) is 24.7 Å². The Morgan fingerprint density at radius 3 is 2.56 bits per heavy atom. The number of hydrogen-bond donors (Lipinski definition) is 0. The topological polar surface area (TPSA) is 52.8 Å². The first-order valence-electron chi connectivity index (χ1n) is 7.20. The van der Waals surface area contributed by atoms with Gasteiger partial charge in [-0.25, -0.2) is 0 Å². The van der Waals surface area contributed by atoms with Gasteiger partial charge in [0.15, 0.2) is 16.3 Å². The van der Waals surface area contributed by atoms with Gasteiger partial charge in [0.1, 0.15) is 0 Å². The molecule has 1 heterocycles. The summed E-state index contributed by atoms with van der Waals surface area (Å²) in [5, 5.41) is 0.365. The van der Waals surface area contributed by atoms with E-state index in [9.17, 15) is 4.79 Å². The van der Waals surface area contributed by atoms with Crippen LogP contribution in [0, 0.1) is 0 Å². The van der Waals surface area contributed by atoms with Crippen molar-refractivity contribution in [2.45, 2.75) is 0 Å². The molecule has 3 aromatic rings. The van der Waals surface area contributed by atoms with Crippen molar-refractivity contribution < 1.29 is 14.3 Å². The number of hydrogen-bond acceptors (Lipinski definition) is 4. The zero-order valence-corrected chi connectivity index (χ0v) is 16.8. The number of carbonyl (C=O) groups is 1. The molecular weight excluding hydrogens is 428 g/mol. The quantitative estimate of drug-likeness (QED) is 0.605. The van der Waals surface area contributed by atoms with Gasteiger partial charge in [0.2, 0.25) is 0 Å². The van der Waals surface area contributed by atoms with Crippen molar-refractivity contribution in [3.8, 4) is 11.5 Å². The maximum atomic E-state index is 12.5. The Morgan fingerprint density at radius 1 is 1.20 bits per heavy atom. The Labute approximate surface area is 161 Å². The van der Waals surface area contributed by atoms with E-state index in [1.165, 1.54) is 11.3 Å². The molecule has 0 atom stereocenters. The molecule has 2 aromatic carbocycles. The molecule has 0 bridgehead atoms. The summed E-state index contributed by atoms with van der Waals surface area (Å²) in [4.78, 5) is 17.3. The van der Waals surface area contributed by atoms with Gasteiger partial charge < -0.3 is 14.0 Å². The van der Waals surface area contributed by atoms with Gasteiger partial charge in [0.05, 0.1) is 35.0 Å². The molecule has 5 nitrogen and oxygen atoms in total. The van der Waals surface area contributed by atoms with Gasteiger partial charge in [-0.3, -0.25) is 4.79 Å². The molecule has 0 fully saturated rings. The Kier molecular flexibility index (Phi) is 5.17. The predicted molar refractivity (Wildman–Crippen MR) is 103 cm³/mol. The Hall–Kier alpha value is -1.83. The lowest BCUT2D eigenvalue weighted by molar-refractivity contribution is 0.0998. The first-order valence-corrected chi connectivity index (χ1v) is 9.19. The molecule has 1 aromatic heterocycles. The van der Waals surface area contributed by atoms with Crippen LogP contribution < -0.4 is 14.3 Å². The fourth-order valence-corrected chi connectivity index (χ4v) is 3.96. The average molecular weight is 442 g/mol. The molecule has 0 aliphatic heterocycles. The van der Waals surface area contributed by atoms with Crippen LogP contribution in [0.1, 0.15) is 10.4 Å². The van der Waals surface area contributed by atoms with E-state index < -0.39 is 5.91 Å². The maximum Gasteiger partial charge on any atom is 0.281 e. The van der Waals surface area contributed by atoms with Crippen molar-refractivity contribution in [2.75, 3.05) is 14.2 Å². The number of rotatable bonds is 3. The molecule has 1 amide bonds. The van der Waals surface area contributed by atoms with Crippen LogP contribution in [0.4, 0.5) is 0 Å². The highest BCUT2D eigenvalue weighted by molar-refractivity contribution is 9.10. The highest BCUT2D eigenvalue weighted by Gasteiger charge is 2.13. The minimum Gasteiger partial charge on any atom is -0.493 e.